The molecule has 8 heteroatoms. The van der Waals surface area contributed by atoms with Crippen molar-refractivity contribution in [2.45, 2.75) is 39.0 Å². The van der Waals surface area contributed by atoms with Crippen LogP contribution in [0.15, 0.2) is 0 Å². The highest BCUT2D eigenvalue weighted by Crippen LogP contribution is 2.28. The first-order chi connectivity index (χ1) is 10.6. The summed E-state index contributed by atoms with van der Waals surface area (Å²) in [4.78, 5) is 24.0. The maximum absolute atomic E-state index is 12.8. The van der Waals surface area contributed by atoms with Gasteiger partial charge in [-0.3, -0.25) is 9.89 Å². The SMILES string of the molecule is CCc1nc(N)sc1C(=O)N1CCC[C@@H](c2n[nH]c(C)n2)C1. The Morgan fingerprint density at radius 2 is 2.32 bits per heavy atom. The van der Waals surface area contributed by atoms with Crippen LogP contribution in [0.5, 0.6) is 0 Å². The maximum atomic E-state index is 12.8. The Bertz CT molecular complexity index is 679. The molecule has 1 amide bonds. The summed E-state index contributed by atoms with van der Waals surface area (Å²) in [7, 11) is 0. The van der Waals surface area contributed by atoms with E-state index in [9.17, 15) is 4.79 Å². The third kappa shape index (κ3) is 2.83. The van der Waals surface area contributed by atoms with Gasteiger partial charge in [-0.1, -0.05) is 18.3 Å². The molecule has 0 unspecified atom stereocenters. The van der Waals surface area contributed by atoms with Gasteiger partial charge in [0.25, 0.3) is 5.91 Å². The van der Waals surface area contributed by atoms with Crippen LogP contribution >= 0.6 is 11.3 Å². The summed E-state index contributed by atoms with van der Waals surface area (Å²) in [6.45, 7) is 5.29. The summed E-state index contributed by atoms with van der Waals surface area (Å²) in [6.07, 6.45) is 2.68. The van der Waals surface area contributed by atoms with Crippen LogP contribution in [0.25, 0.3) is 0 Å². The van der Waals surface area contributed by atoms with Gasteiger partial charge >= 0.3 is 0 Å². The number of aryl methyl sites for hydroxylation is 2. The van der Waals surface area contributed by atoms with Crippen LogP contribution in [-0.2, 0) is 6.42 Å². The van der Waals surface area contributed by atoms with E-state index in [0.717, 1.165) is 36.7 Å². The molecule has 0 spiro atoms. The molecule has 0 saturated carbocycles. The summed E-state index contributed by atoms with van der Waals surface area (Å²) in [5.74, 6) is 1.83. The summed E-state index contributed by atoms with van der Waals surface area (Å²) >= 11 is 1.28. The number of anilines is 1. The number of nitrogens with zero attached hydrogens (tertiary/aromatic N) is 4. The van der Waals surface area contributed by atoms with Crippen LogP contribution in [-0.4, -0.2) is 44.1 Å². The van der Waals surface area contributed by atoms with Crippen molar-refractivity contribution in [3.05, 3.63) is 22.2 Å². The lowest BCUT2D eigenvalue weighted by Crippen LogP contribution is -2.39. The number of H-pyrrole nitrogens is 1. The number of nitrogen functional groups attached to an aromatic ring is 1. The summed E-state index contributed by atoms with van der Waals surface area (Å²) < 4.78 is 0. The molecule has 3 N–H and O–H groups in total. The number of nitrogens with one attached hydrogen (secondary N) is 1. The molecule has 0 radical (unpaired) electrons. The lowest BCUT2D eigenvalue weighted by atomic mass is 9.97. The molecule has 3 heterocycles. The lowest BCUT2D eigenvalue weighted by molar-refractivity contribution is 0.0708. The van der Waals surface area contributed by atoms with E-state index < -0.39 is 0 Å². The van der Waals surface area contributed by atoms with E-state index in [4.69, 9.17) is 5.73 Å². The molecule has 22 heavy (non-hydrogen) atoms. The van der Waals surface area contributed by atoms with Gasteiger partial charge in [0.05, 0.1) is 5.69 Å². The quantitative estimate of drug-likeness (QED) is 0.897. The van der Waals surface area contributed by atoms with E-state index in [0.29, 0.717) is 23.0 Å². The fourth-order valence-electron chi connectivity index (χ4n) is 2.84. The van der Waals surface area contributed by atoms with Crippen LogP contribution < -0.4 is 5.73 Å². The Kier molecular flexibility index (Phi) is 4.10. The largest absolute Gasteiger partial charge is 0.375 e. The Morgan fingerprint density at radius 1 is 1.50 bits per heavy atom. The van der Waals surface area contributed by atoms with Gasteiger partial charge in [0, 0.05) is 19.0 Å². The standard InChI is InChI=1S/C14H20N6OS/c1-3-10-11(22-14(15)17-10)13(21)20-6-4-5-9(7-20)12-16-8(2)18-19-12/h9H,3-7H2,1-2H3,(H2,15,17)(H,16,18,19)/t9-/m1/s1. The number of rotatable bonds is 3. The molecule has 118 valence electrons. The summed E-state index contributed by atoms with van der Waals surface area (Å²) in [5, 5.41) is 7.57. The van der Waals surface area contributed by atoms with Gasteiger partial charge in [-0.05, 0) is 26.2 Å². The fraction of sp³-hybridized carbons (Fsp3) is 0.571. The molecule has 0 aromatic carbocycles. The molecule has 1 fully saturated rings. The molecule has 0 aliphatic carbocycles. The van der Waals surface area contributed by atoms with Gasteiger partial charge in [0.1, 0.15) is 10.7 Å². The molecule has 1 atom stereocenters. The van der Waals surface area contributed by atoms with E-state index in [-0.39, 0.29) is 11.8 Å². The van der Waals surface area contributed by atoms with Crippen molar-refractivity contribution in [2.75, 3.05) is 18.8 Å². The van der Waals surface area contributed by atoms with Crippen LogP contribution in [0.1, 0.15) is 52.7 Å². The number of amides is 1. The van der Waals surface area contributed by atoms with Gasteiger partial charge in [0.15, 0.2) is 11.0 Å². The van der Waals surface area contributed by atoms with Gasteiger partial charge in [-0.2, -0.15) is 5.10 Å². The number of piperidine rings is 1. The zero-order valence-electron chi connectivity index (χ0n) is 12.8. The van der Waals surface area contributed by atoms with Crippen LogP contribution in [0.3, 0.4) is 0 Å². The number of hydrogen-bond donors (Lipinski definition) is 2. The molecule has 3 rings (SSSR count). The van der Waals surface area contributed by atoms with Crippen molar-refractivity contribution in [3.63, 3.8) is 0 Å². The zero-order valence-corrected chi connectivity index (χ0v) is 13.6. The smallest absolute Gasteiger partial charge is 0.265 e. The van der Waals surface area contributed by atoms with Crippen molar-refractivity contribution in [1.29, 1.82) is 0 Å². The molecular weight excluding hydrogens is 300 g/mol. The average Bonchev–Trinajstić information content (AvgIpc) is 3.12. The fourth-order valence-corrected chi connectivity index (χ4v) is 3.72. The van der Waals surface area contributed by atoms with Crippen molar-refractivity contribution in [1.82, 2.24) is 25.1 Å². The monoisotopic (exact) mass is 320 g/mol. The normalized spacial score (nSPS) is 18.6. The highest BCUT2D eigenvalue weighted by molar-refractivity contribution is 7.17. The van der Waals surface area contributed by atoms with E-state index in [1.54, 1.807) is 0 Å². The molecule has 1 aliphatic rings. The number of thiazole rings is 1. The summed E-state index contributed by atoms with van der Waals surface area (Å²) in [6, 6.07) is 0. The van der Waals surface area contributed by atoms with Gasteiger partial charge < -0.3 is 10.6 Å². The minimum Gasteiger partial charge on any atom is -0.375 e. The third-order valence-electron chi connectivity index (χ3n) is 3.93. The number of nitrogens with two attached hydrogens (primary N) is 1. The second-order valence-corrected chi connectivity index (χ2v) is 6.58. The summed E-state index contributed by atoms with van der Waals surface area (Å²) in [5.41, 5.74) is 6.55. The highest BCUT2D eigenvalue weighted by Gasteiger charge is 2.29. The molecule has 2 aromatic rings. The molecule has 7 nitrogen and oxygen atoms in total. The Hall–Kier alpha value is -1.96. The van der Waals surface area contributed by atoms with Crippen LogP contribution in [0, 0.1) is 6.92 Å². The minimum absolute atomic E-state index is 0.0306. The van der Waals surface area contributed by atoms with E-state index in [2.05, 4.69) is 20.2 Å². The number of aromatic nitrogens is 4. The topological polar surface area (TPSA) is 101 Å². The molecule has 1 aliphatic heterocycles. The number of carbonyl (C=O) groups is 1. The van der Waals surface area contributed by atoms with Crippen molar-refractivity contribution in [2.24, 2.45) is 0 Å². The predicted molar refractivity (Wildman–Crippen MR) is 84.9 cm³/mol. The maximum Gasteiger partial charge on any atom is 0.265 e. The van der Waals surface area contributed by atoms with Crippen molar-refractivity contribution >= 4 is 22.4 Å². The first-order valence-corrected chi connectivity index (χ1v) is 8.33. The molecule has 0 bridgehead atoms. The van der Waals surface area contributed by atoms with E-state index >= 15 is 0 Å². The minimum atomic E-state index is 0.0306. The van der Waals surface area contributed by atoms with Gasteiger partial charge in [-0.25, -0.2) is 9.97 Å². The first kappa shape index (κ1) is 15.0. The Balaban J connectivity index is 1.78. The second kappa shape index (κ2) is 6.04. The average molecular weight is 320 g/mol. The molecule has 2 aromatic heterocycles. The van der Waals surface area contributed by atoms with Crippen LogP contribution in [0.2, 0.25) is 0 Å². The lowest BCUT2D eigenvalue weighted by Gasteiger charge is -2.31. The van der Waals surface area contributed by atoms with Crippen molar-refractivity contribution < 1.29 is 4.79 Å². The Morgan fingerprint density at radius 3 is 3.00 bits per heavy atom. The van der Waals surface area contributed by atoms with Crippen LogP contribution in [0.4, 0.5) is 5.13 Å². The second-order valence-electron chi connectivity index (χ2n) is 5.55. The van der Waals surface area contributed by atoms with Gasteiger partial charge in [0.2, 0.25) is 0 Å². The number of aromatic amines is 1. The zero-order chi connectivity index (χ0) is 15.7. The number of carbonyl (C=O) groups excluding carboxylic acids is 1. The predicted octanol–water partition coefficient (Wildman–Crippen LogP) is 1.73. The third-order valence-corrected chi connectivity index (χ3v) is 4.85. The highest BCUT2D eigenvalue weighted by atomic mass is 32.1. The van der Waals surface area contributed by atoms with E-state index in [1.165, 1.54) is 11.3 Å². The first-order valence-electron chi connectivity index (χ1n) is 7.51. The Labute approximate surface area is 133 Å². The van der Waals surface area contributed by atoms with Gasteiger partial charge in [-0.15, -0.1) is 0 Å². The molecule has 1 saturated heterocycles. The number of likely N-dealkylation sites (tertiary alicyclic amines) is 1. The molecular formula is C14H20N6OS. The van der Waals surface area contributed by atoms with E-state index in [1.807, 2.05) is 18.7 Å². The van der Waals surface area contributed by atoms with Crippen molar-refractivity contribution in [3.8, 4) is 0 Å². The number of hydrogen-bond acceptors (Lipinski definition) is 6.